The summed E-state index contributed by atoms with van der Waals surface area (Å²) in [4.78, 5) is 55.1. The van der Waals surface area contributed by atoms with Gasteiger partial charge in [-0.25, -0.2) is 4.79 Å². The van der Waals surface area contributed by atoms with E-state index in [0.29, 0.717) is 0 Å². The molecule has 11 heteroatoms. The van der Waals surface area contributed by atoms with Gasteiger partial charge in [-0.05, 0) is 6.07 Å². The quantitative estimate of drug-likeness (QED) is 0.352. The van der Waals surface area contributed by atoms with Crippen molar-refractivity contribution in [1.29, 1.82) is 0 Å². The number of urea groups is 1. The van der Waals surface area contributed by atoms with Gasteiger partial charge in [-0.2, -0.15) is 0 Å². The molecule has 0 saturated carbocycles. The van der Waals surface area contributed by atoms with Crippen molar-refractivity contribution >= 4 is 29.5 Å². The third kappa shape index (κ3) is 6.09. The molecule has 0 spiro atoms. The Balaban J connectivity index is 2.42. The Morgan fingerprint density at radius 2 is 1.96 bits per heavy atom. The Morgan fingerprint density at radius 3 is 2.58 bits per heavy atom. The number of esters is 1. The lowest BCUT2D eigenvalue weighted by atomic mass is 10.2. The third-order valence-electron chi connectivity index (χ3n) is 2.56. The molecular weight excluding hydrogens is 324 g/mol. The number of nitrogens with one attached hydrogen (secondary N) is 3. The highest BCUT2D eigenvalue weighted by Gasteiger charge is 2.14. The molecule has 0 bridgehead atoms. The van der Waals surface area contributed by atoms with Crippen molar-refractivity contribution in [3.63, 3.8) is 0 Å². The number of benzene rings is 1. The van der Waals surface area contributed by atoms with Crippen LogP contribution in [0.2, 0.25) is 0 Å². The number of imide groups is 1. The van der Waals surface area contributed by atoms with Gasteiger partial charge < -0.3 is 15.4 Å². The molecule has 0 heterocycles. The van der Waals surface area contributed by atoms with Crippen LogP contribution in [0.4, 0.5) is 10.5 Å². The summed E-state index contributed by atoms with van der Waals surface area (Å²) in [6.07, 6.45) is 0. The van der Waals surface area contributed by atoms with Crippen molar-refractivity contribution in [3.8, 4) is 0 Å². The van der Waals surface area contributed by atoms with Gasteiger partial charge in [-0.1, -0.05) is 6.07 Å². The molecule has 0 radical (unpaired) electrons. The van der Waals surface area contributed by atoms with Crippen LogP contribution in [0.5, 0.6) is 0 Å². The van der Waals surface area contributed by atoms with Gasteiger partial charge in [0.05, 0.1) is 4.92 Å². The van der Waals surface area contributed by atoms with E-state index in [9.17, 15) is 29.3 Å². The molecule has 0 aromatic heterocycles. The lowest BCUT2D eigenvalue weighted by molar-refractivity contribution is -0.384. The molecule has 1 aromatic carbocycles. The Hall–Kier alpha value is -3.50. The maximum absolute atomic E-state index is 11.8. The maximum atomic E-state index is 11.8. The van der Waals surface area contributed by atoms with Crippen LogP contribution in [0, 0.1) is 10.1 Å². The van der Waals surface area contributed by atoms with Gasteiger partial charge in [0, 0.05) is 24.7 Å². The Morgan fingerprint density at radius 1 is 1.25 bits per heavy atom. The second-order valence-corrected chi connectivity index (χ2v) is 4.28. The van der Waals surface area contributed by atoms with Crippen LogP contribution in [-0.4, -0.2) is 48.9 Å². The zero-order valence-corrected chi connectivity index (χ0v) is 12.5. The second-order valence-electron chi connectivity index (χ2n) is 4.28. The monoisotopic (exact) mass is 338 g/mol. The molecule has 0 aliphatic rings. The molecule has 0 fully saturated rings. The van der Waals surface area contributed by atoms with Gasteiger partial charge in [-0.3, -0.25) is 29.8 Å². The van der Waals surface area contributed by atoms with Crippen molar-refractivity contribution in [2.75, 3.05) is 20.2 Å². The van der Waals surface area contributed by atoms with E-state index in [2.05, 4.69) is 15.4 Å². The summed E-state index contributed by atoms with van der Waals surface area (Å²) in [6.45, 7) is -1.24. The first kappa shape index (κ1) is 18.5. The van der Waals surface area contributed by atoms with Crippen molar-refractivity contribution in [3.05, 3.63) is 39.9 Å². The van der Waals surface area contributed by atoms with Gasteiger partial charge >= 0.3 is 12.0 Å². The van der Waals surface area contributed by atoms with Gasteiger partial charge in [0.2, 0.25) is 0 Å². The molecular formula is C13H14N4O7. The highest BCUT2D eigenvalue weighted by atomic mass is 16.6. The van der Waals surface area contributed by atoms with Gasteiger partial charge in [-0.15, -0.1) is 0 Å². The van der Waals surface area contributed by atoms with E-state index in [0.717, 1.165) is 6.07 Å². The summed E-state index contributed by atoms with van der Waals surface area (Å²) < 4.78 is 4.54. The molecule has 24 heavy (non-hydrogen) atoms. The van der Waals surface area contributed by atoms with E-state index in [-0.39, 0.29) is 11.3 Å². The van der Waals surface area contributed by atoms with E-state index >= 15 is 0 Å². The lowest BCUT2D eigenvalue weighted by Gasteiger charge is -2.07. The number of nitrogens with zero attached hydrogens (tertiary/aromatic N) is 1. The largest absolute Gasteiger partial charge is 0.454 e. The summed E-state index contributed by atoms with van der Waals surface area (Å²) in [6, 6.07) is 4.18. The summed E-state index contributed by atoms with van der Waals surface area (Å²) in [7, 11) is 1.30. The zero-order valence-electron chi connectivity index (χ0n) is 12.5. The first-order valence-electron chi connectivity index (χ1n) is 6.53. The Kier molecular flexibility index (Phi) is 6.82. The van der Waals surface area contributed by atoms with Crippen LogP contribution in [0.3, 0.4) is 0 Å². The number of rotatable bonds is 6. The van der Waals surface area contributed by atoms with E-state index < -0.39 is 41.9 Å². The highest BCUT2D eigenvalue weighted by molar-refractivity contribution is 5.97. The maximum Gasteiger partial charge on any atom is 0.325 e. The van der Waals surface area contributed by atoms with Crippen molar-refractivity contribution in [2.45, 2.75) is 0 Å². The molecule has 1 aromatic rings. The number of nitro benzene ring substituents is 1. The minimum Gasteiger partial charge on any atom is -0.454 e. The van der Waals surface area contributed by atoms with Crippen LogP contribution in [0.25, 0.3) is 0 Å². The normalized spacial score (nSPS) is 9.54. The van der Waals surface area contributed by atoms with Crippen LogP contribution in [0.15, 0.2) is 24.3 Å². The van der Waals surface area contributed by atoms with Crippen LogP contribution >= 0.6 is 0 Å². The average Bonchev–Trinajstić information content (AvgIpc) is 2.57. The number of hydrogen-bond acceptors (Lipinski definition) is 7. The van der Waals surface area contributed by atoms with Gasteiger partial charge in [0.25, 0.3) is 17.5 Å². The molecule has 11 nitrogen and oxygen atoms in total. The van der Waals surface area contributed by atoms with Gasteiger partial charge in [0.15, 0.2) is 6.61 Å². The predicted molar refractivity (Wildman–Crippen MR) is 79.0 cm³/mol. The average molecular weight is 338 g/mol. The molecule has 0 aliphatic heterocycles. The minimum absolute atomic E-state index is 0.00522. The zero-order chi connectivity index (χ0) is 18.1. The molecule has 0 aliphatic carbocycles. The summed E-state index contributed by atoms with van der Waals surface area (Å²) in [5.41, 5.74) is -0.273. The predicted octanol–water partition coefficient (Wildman–Crippen LogP) is -0.677. The standard InChI is InChI=1S/C13H14N4O7/c1-14-13(21)16-10(18)7-24-11(19)6-15-12(20)8-3-2-4-9(5-8)17(22)23/h2-5H,6-7H2,1H3,(H,15,20)(H2,14,16,18,21). The fourth-order valence-electron chi connectivity index (χ4n) is 1.44. The van der Waals surface area contributed by atoms with Gasteiger partial charge in [0.1, 0.15) is 6.54 Å². The van der Waals surface area contributed by atoms with Crippen LogP contribution < -0.4 is 16.0 Å². The first-order valence-corrected chi connectivity index (χ1v) is 6.53. The van der Waals surface area contributed by atoms with Crippen LogP contribution in [0.1, 0.15) is 10.4 Å². The van der Waals surface area contributed by atoms with E-state index in [1.165, 1.54) is 25.2 Å². The SMILES string of the molecule is CNC(=O)NC(=O)COC(=O)CNC(=O)c1cccc([N+](=O)[O-])c1. The smallest absolute Gasteiger partial charge is 0.325 e. The summed E-state index contributed by atoms with van der Waals surface area (Å²) >= 11 is 0. The highest BCUT2D eigenvalue weighted by Crippen LogP contribution is 2.12. The first-order chi connectivity index (χ1) is 11.3. The number of hydrogen-bond donors (Lipinski definition) is 3. The molecule has 3 N–H and O–H groups in total. The third-order valence-corrected chi connectivity index (χ3v) is 2.56. The molecule has 0 unspecified atom stereocenters. The van der Waals surface area contributed by atoms with E-state index in [1.54, 1.807) is 0 Å². The number of carbonyl (C=O) groups excluding carboxylic acids is 4. The van der Waals surface area contributed by atoms with Crippen molar-refractivity contribution < 1.29 is 28.8 Å². The minimum atomic E-state index is -0.916. The number of carbonyl (C=O) groups is 4. The Bertz CT molecular complexity index is 674. The fourth-order valence-corrected chi connectivity index (χ4v) is 1.44. The molecule has 4 amide bonds. The number of ether oxygens (including phenoxy) is 1. The summed E-state index contributed by atoms with van der Waals surface area (Å²) in [5.74, 6) is -2.47. The number of non-ortho nitro benzene ring substituents is 1. The summed E-state index contributed by atoms with van der Waals surface area (Å²) in [5, 5.41) is 16.8. The van der Waals surface area contributed by atoms with E-state index in [4.69, 9.17) is 0 Å². The molecule has 1 rings (SSSR count). The topological polar surface area (TPSA) is 157 Å². The molecule has 128 valence electrons. The fraction of sp³-hybridized carbons (Fsp3) is 0.231. The Labute approximate surface area is 135 Å². The van der Waals surface area contributed by atoms with Crippen molar-refractivity contribution in [2.24, 2.45) is 0 Å². The lowest BCUT2D eigenvalue weighted by Crippen LogP contribution is -2.40. The molecule has 0 saturated heterocycles. The molecule has 0 atom stereocenters. The van der Waals surface area contributed by atoms with Crippen molar-refractivity contribution in [1.82, 2.24) is 16.0 Å². The number of nitro groups is 1. The van der Waals surface area contributed by atoms with Crippen LogP contribution in [-0.2, 0) is 14.3 Å². The number of amides is 4. The second kappa shape index (κ2) is 8.82. The van der Waals surface area contributed by atoms with E-state index in [1.807, 2.05) is 5.32 Å².